The van der Waals surface area contributed by atoms with Crippen LogP contribution in [0, 0.1) is 40.4 Å². The van der Waals surface area contributed by atoms with Crippen LogP contribution in [0.25, 0.3) is 0 Å². The molecule has 1 amide bonds. The van der Waals surface area contributed by atoms with E-state index in [1.54, 1.807) is 18.2 Å². The van der Waals surface area contributed by atoms with E-state index in [1.165, 1.54) is 19.2 Å². The number of fused-ring (bicyclic) bond motifs is 3. The Morgan fingerprint density at radius 1 is 1.10 bits per heavy atom. The minimum Gasteiger partial charge on any atom is -0.399 e. The highest BCUT2D eigenvalue weighted by Gasteiger charge is 2.72. The Morgan fingerprint density at radius 3 is 2.49 bits per heavy atom. The molecule has 3 saturated carbocycles. The molecule has 3 aliphatic carbocycles. The quantitative estimate of drug-likeness (QED) is 0.404. The third-order valence-electron chi connectivity index (χ3n) is 11.8. The van der Waals surface area contributed by atoms with Crippen molar-refractivity contribution in [3.63, 3.8) is 0 Å². The molecule has 11 unspecified atom stereocenters. The fraction of sp³-hybridized carbons (Fsp3) is 0.742. The molecular formula is C31H44N2O7S. The summed E-state index contributed by atoms with van der Waals surface area (Å²) in [5, 5.41) is 18.9. The summed E-state index contributed by atoms with van der Waals surface area (Å²) >= 11 is 0. The first kappa shape index (κ1) is 29.1. The summed E-state index contributed by atoms with van der Waals surface area (Å²) in [6.45, 7) is 10.7. The van der Waals surface area contributed by atoms with Crippen molar-refractivity contribution in [1.82, 2.24) is 5.32 Å². The van der Waals surface area contributed by atoms with Crippen LogP contribution in [0.2, 0.25) is 0 Å². The van der Waals surface area contributed by atoms with Gasteiger partial charge in [-0.05, 0) is 56.6 Å². The molecule has 1 spiro atoms. The molecule has 41 heavy (non-hydrogen) atoms. The second kappa shape index (κ2) is 9.76. The van der Waals surface area contributed by atoms with Gasteiger partial charge in [0, 0.05) is 41.0 Å². The molecule has 6 rings (SSSR count). The minimum absolute atomic E-state index is 0.00298. The minimum atomic E-state index is -4.12. The molecule has 0 bridgehead atoms. The van der Waals surface area contributed by atoms with Crippen LogP contribution in [0.1, 0.15) is 66.7 Å². The van der Waals surface area contributed by atoms with Crippen molar-refractivity contribution in [2.45, 2.75) is 102 Å². The Labute approximate surface area is 243 Å². The third kappa shape index (κ3) is 4.14. The SMILES string of the molecule is CON=C1C(OS(=O)(=O)c2ccccc2)CC23OC4C(CC2(C)C(C)CCC3C1(C)C)C(O)CC1C(=O)NC(C)C14. The first-order valence-corrected chi connectivity index (χ1v) is 16.4. The van der Waals surface area contributed by atoms with Crippen molar-refractivity contribution in [3.8, 4) is 0 Å². The number of carbonyl (C=O) groups is 1. The van der Waals surface area contributed by atoms with Gasteiger partial charge in [-0.2, -0.15) is 8.42 Å². The average molecular weight is 589 g/mol. The van der Waals surface area contributed by atoms with Gasteiger partial charge < -0.3 is 20.0 Å². The molecular weight excluding hydrogens is 544 g/mol. The maximum Gasteiger partial charge on any atom is 0.297 e. The van der Waals surface area contributed by atoms with E-state index < -0.39 is 33.3 Å². The van der Waals surface area contributed by atoms with Crippen LogP contribution in [0.3, 0.4) is 0 Å². The largest absolute Gasteiger partial charge is 0.399 e. The fourth-order valence-electron chi connectivity index (χ4n) is 9.68. The Kier molecular flexibility index (Phi) is 6.92. The lowest BCUT2D eigenvalue weighted by molar-refractivity contribution is -0.324. The molecule has 5 fully saturated rings. The first-order valence-electron chi connectivity index (χ1n) is 15.0. The van der Waals surface area contributed by atoms with Gasteiger partial charge in [0.15, 0.2) is 0 Å². The Morgan fingerprint density at radius 2 is 1.80 bits per heavy atom. The van der Waals surface area contributed by atoms with Crippen LogP contribution < -0.4 is 5.32 Å². The van der Waals surface area contributed by atoms with Crippen LogP contribution in [-0.4, -0.2) is 62.2 Å². The molecule has 2 saturated heterocycles. The van der Waals surface area contributed by atoms with E-state index in [2.05, 4.69) is 38.2 Å². The molecule has 5 aliphatic rings. The zero-order valence-electron chi connectivity index (χ0n) is 24.9. The van der Waals surface area contributed by atoms with Crippen molar-refractivity contribution in [2.75, 3.05) is 7.11 Å². The van der Waals surface area contributed by atoms with Crippen molar-refractivity contribution in [3.05, 3.63) is 30.3 Å². The number of rotatable bonds is 4. The van der Waals surface area contributed by atoms with Gasteiger partial charge in [0.05, 0.1) is 28.4 Å². The lowest BCUT2D eigenvalue weighted by Gasteiger charge is -2.70. The monoisotopic (exact) mass is 588 g/mol. The average Bonchev–Trinajstić information content (AvgIpc) is 3.19. The van der Waals surface area contributed by atoms with Gasteiger partial charge in [-0.25, -0.2) is 0 Å². The van der Waals surface area contributed by atoms with Gasteiger partial charge >= 0.3 is 0 Å². The number of nitrogens with zero attached hydrogens (tertiary/aromatic N) is 1. The Balaban J connectivity index is 1.48. The van der Waals surface area contributed by atoms with Gasteiger partial charge in [-0.3, -0.25) is 8.98 Å². The second-order valence-electron chi connectivity index (χ2n) is 14.0. The van der Waals surface area contributed by atoms with Gasteiger partial charge in [-0.15, -0.1) is 0 Å². The van der Waals surface area contributed by atoms with Gasteiger partial charge in [0.2, 0.25) is 5.91 Å². The van der Waals surface area contributed by atoms with Gasteiger partial charge in [-0.1, -0.05) is 51.0 Å². The summed E-state index contributed by atoms with van der Waals surface area (Å²) in [4.78, 5) is 18.3. The number of aliphatic hydroxyl groups is 1. The predicted molar refractivity (Wildman–Crippen MR) is 152 cm³/mol. The highest BCUT2D eigenvalue weighted by atomic mass is 32.2. The lowest BCUT2D eigenvalue weighted by atomic mass is 9.42. The Bertz CT molecular complexity index is 1330. The molecule has 0 radical (unpaired) electrons. The molecule has 0 aromatic heterocycles. The summed E-state index contributed by atoms with van der Waals surface area (Å²) in [6.07, 6.45) is 1.48. The maximum absolute atomic E-state index is 13.6. The van der Waals surface area contributed by atoms with Crippen molar-refractivity contribution in [2.24, 2.45) is 45.6 Å². The summed E-state index contributed by atoms with van der Waals surface area (Å²) < 4.78 is 40.7. The highest BCUT2D eigenvalue weighted by molar-refractivity contribution is 7.86. The van der Waals surface area contributed by atoms with Gasteiger partial charge in [0.1, 0.15) is 13.2 Å². The van der Waals surface area contributed by atoms with E-state index in [4.69, 9.17) is 13.8 Å². The van der Waals surface area contributed by atoms with Crippen molar-refractivity contribution < 1.29 is 32.1 Å². The van der Waals surface area contributed by atoms with Crippen molar-refractivity contribution in [1.29, 1.82) is 0 Å². The summed E-state index contributed by atoms with van der Waals surface area (Å²) in [5.74, 6) is -0.201. The number of hydrogen-bond acceptors (Lipinski definition) is 8. The molecule has 10 heteroatoms. The number of benzene rings is 1. The van der Waals surface area contributed by atoms with Crippen LogP contribution in [-0.2, 0) is 28.7 Å². The number of oxime groups is 1. The fourth-order valence-corrected chi connectivity index (χ4v) is 10.7. The van der Waals surface area contributed by atoms with Gasteiger partial charge in [0.25, 0.3) is 10.1 Å². The third-order valence-corrected chi connectivity index (χ3v) is 13.2. The zero-order valence-corrected chi connectivity index (χ0v) is 25.7. The number of carbonyl (C=O) groups excluding carboxylic acids is 1. The first-order chi connectivity index (χ1) is 19.3. The summed E-state index contributed by atoms with van der Waals surface area (Å²) in [6, 6.07) is 8.10. The molecule has 1 aromatic rings. The van der Waals surface area contributed by atoms with Crippen LogP contribution in [0.4, 0.5) is 0 Å². The number of ether oxygens (including phenoxy) is 1. The van der Waals surface area contributed by atoms with E-state index >= 15 is 0 Å². The number of nitrogens with one attached hydrogen (secondary N) is 1. The topological polar surface area (TPSA) is 124 Å². The van der Waals surface area contributed by atoms with Crippen LogP contribution >= 0.6 is 0 Å². The van der Waals surface area contributed by atoms with E-state index in [0.717, 1.165) is 19.3 Å². The normalized spacial score (nSPS) is 46.1. The standard InChI is InChI=1S/C31H44N2O7S/c1-17-12-13-24-29(3,4)27(33-38-6)23(40-41(36,37)19-10-8-7-9-11-19)16-31(24)30(17,5)15-21-22(34)14-20-25(26(21)39-31)18(2)32-28(20)35/h7-11,17-18,20-26,34H,12-16H2,1-6H3,(H,32,35). The Hall–Kier alpha value is -2.01. The van der Waals surface area contributed by atoms with Crippen LogP contribution in [0.5, 0.6) is 0 Å². The molecule has 2 N–H and O–H groups in total. The molecule has 2 aliphatic heterocycles. The molecule has 9 nitrogen and oxygen atoms in total. The van der Waals surface area contributed by atoms with E-state index in [9.17, 15) is 18.3 Å². The lowest BCUT2D eigenvalue weighted by Crippen LogP contribution is -2.74. The van der Waals surface area contributed by atoms with E-state index in [1.807, 2.05) is 6.92 Å². The zero-order chi connectivity index (χ0) is 29.5. The van der Waals surface area contributed by atoms with Crippen LogP contribution in [0.15, 0.2) is 40.4 Å². The number of amides is 1. The molecule has 1 aromatic carbocycles. The summed E-state index contributed by atoms with van der Waals surface area (Å²) in [7, 11) is -2.65. The summed E-state index contributed by atoms with van der Waals surface area (Å²) in [5.41, 5.74) is -1.17. The molecule has 11 atom stereocenters. The number of hydrogen-bond donors (Lipinski definition) is 2. The van der Waals surface area contributed by atoms with E-state index in [-0.39, 0.29) is 58.0 Å². The molecule has 226 valence electrons. The highest BCUT2D eigenvalue weighted by Crippen LogP contribution is 2.68. The van der Waals surface area contributed by atoms with Crippen molar-refractivity contribution >= 4 is 21.7 Å². The smallest absolute Gasteiger partial charge is 0.297 e. The maximum atomic E-state index is 13.6. The second-order valence-corrected chi connectivity index (χ2v) is 15.6. The predicted octanol–water partition coefficient (Wildman–Crippen LogP) is 3.90. The molecule has 2 heterocycles. The van der Waals surface area contributed by atoms with E-state index in [0.29, 0.717) is 18.6 Å². The number of aliphatic hydroxyl groups excluding tert-OH is 1.